The Kier molecular flexibility index (Phi) is 4.81. The minimum atomic E-state index is -0.0913. The Bertz CT molecular complexity index is 622. The van der Waals surface area contributed by atoms with Crippen molar-refractivity contribution in [1.82, 2.24) is 10.2 Å². The lowest BCUT2D eigenvalue weighted by Gasteiger charge is -2.10. The second-order valence-corrected chi connectivity index (χ2v) is 4.66. The molecule has 1 aromatic heterocycles. The molecule has 2 aromatic rings. The predicted octanol–water partition coefficient (Wildman–Crippen LogP) is 2.31. The average molecular weight is 289 g/mol. The van der Waals surface area contributed by atoms with Crippen LogP contribution in [0.5, 0.6) is 11.5 Å². The molecule has 0 unspecified atom stereocenters. The monoisotopic (exact) mass is 289 g/mol. The summed E-state index contributed by atoms with van der Waals surface area (Å²) in [5.74, 6) is 1.94. The van der Waals surface area contributed by atoms with Crippen LogP contribution in [0.1, 0.15) is 17.7 Å². The number of aryl methyl sites for hydroxylation is 2. The van der Waals surface area contributed by atoms with Crippen molar-refractivity contribution in [2.45, 2.75) is 19.8 Å². The van der Waals surface area contributed by atoms with Crippen LogP contribution in [0, 0.1) is 6.92 Å². The first-order valence-electron chi connectivity index (χ1n) is 6.65. The number of aromatic amines is 1. The Balaban J connectivity index is 1.97. The molecule has 6 heteroatoms. The maximum Gasteiger partial charge on any atom is 0.225 e. The summed E-state index contributed by atoms with van der Waals surface area (Å²) in [6, 6.07) is 7.33. The molecule has 0 spiro atoms. The number of benzene rings is 1. The van der Waals surface area contributed by atoms with Crippen LogP contribution in [0.15, 0.2) is 24.3 Å². The van der Waals surface area contributed by atoms with Crippen LogP contribution in [0.4, 0.5) is 5.82 Å². The van der Waals surface area contributed by atoms with Gasteiger partial charge in [-0.25, -0.2) is 0 Å². The van der Waals surface area contributed by atoms with E-state index in [2.05, 4.69) is 15.5 Å². The second kappa shape index (κ2) is 6.78. The molecule has 112 valence electrons. The standard InChI is InChI=1S/C15H19N3O3/c1-10-8-14(18-17-10)16-15(19)7-4-11-9-12(20-2)5-6-13(11)21-3/h5-6,8-9H,4,7H2,1-3H3,(H2,16,17,18,19). The Hall–Kier alpha value is -2.50. The topological polar surface area (TPSA) is 76.2 Å². The zero-order chi connectivity index (χ0) is 15.2. The maximum atomic E-state index is 11.9. The van der Waals surface area contributed by atoms with Crippen molar-refractivity contribution in [2.75, 3.05) is 19.5 Å². The van der Waals surface area contributed by atoms with E-state index in [1.54, 1.807) is 20.3 Å². The number of carbonyl (C=O) groups is 1. The molecule has 0 bridgehead atoms. The molecule has 21 heavy (non-hydrogen) atoms. The van der Waals surface area contributed by atoms with E-state index in [9.17, 15) is 4.79 Å². The van der Waals surface area contributed by atoms with Crippen molar-refractivity contribution >= 4 is 11.7 Å². The van der Waals surface area contributed by atoms with Crippen LogP contribution in [-0.2, 0) is 11.2 Å². The van der Waals surface area contributed by atoms with Gasteiger partial charge >= 0.3 is 0 Å². The van der Waals surface area contributed by atoms with Crippen LogP contribution in [0.25, 0.3) is 0 Å². The number of anilines is 1. The van der Waals surface area contributed by atoms with Gasteiger partial charge in [0.25, 0.3) is 0 Å². The van der Waals surface area contributed by atoms with Gasteiger partial charge in [0.05, 0.1) is 14.2 Å². The van der Waals surface area contributed by atoms with Crippen LogP contribution in [0.2, 0.25) is 0 Å². The molecule has 0 atom stereocenters. The summed E-state index contributed by atoms with van der Waals surface area (Å²) in [7, 11) is 3.22. The van der Waals surface area contributed by atoms with Crippen molar-refractivity contribution in [3.63, 3.8) is 0 Å². The van der Waals surface area contributed by atoms with E-state index < -0.39 is 0 Å². The molecule has 0 saturated carbocycles. The van der Waals surface area contributed by atoms with Gasteiger partial charge in [-0.3, -0.25) is 9.89 Å². The number of amides is 1. The van der Waals surface area contributed by atoms with E-state index >= 15 is 0 Å². The maximum absolute atomic E-state index is 11.9. The van der Waals surface area contributed by atoms with Crippen LogP contribution in [-0.4, -0.2) is 30.3 Å². The number of carbonyl (C=O) groups excluding carboxylic acids is 1. The highest BCUT2D eigenvalue weighted by atomic mass is 16.5. The van der Waals surface area contributed by atoms with Crippen molar-refractivity contribution in [3.05, 3.63) is 35.5 Å². The van der Waals surface area contributed by atoms with Crippen molar-refractivity contribution < 1.29 is 14.3 Å². The summed E-state index contributed by atoms with van der Waals surface area (Å²) >= 11 is 0. The fourth-order valence-electron chi connectivity index (χ4n) is 2.01. The van der Waals surface area contributed by atoms with Crippen LogP contribution in [0.3, 0.4) is 0 Å². The van der Waals surface area contributed by atoms with Gasteiger partial charge in [0.1, 0.15) is 11.5 Å². The Labute approximate surface area is 123 Å². The number of aromatic nitrogens is 2. The van der Waals surface area contributed by atoms with Crippen LogP contribution >= 0.6 is 0 Å². The summed E-state index contributed by atoms with van der Waals surface area (Å²) in [6.45, 7) is 1.88. The summed E-state index contributed by atoms with van der Waals surface area (Å²) in [5.41, 5.74) is 1.84. The van der Waals surface area contributed by atoms with E-state index in [1.165, 1.54) is 0 Å². The first-order valence-corrected chi connectivity index (χ1v) is 6.65. The lowest BCUT2D eigenvalue weighted by atomic mass is 10.1. The van der Waals surface area contributed by atoms with E-state index in [1.807, 2.05) is 25.1 Å². The summed E-state index contributed by atoms with van der Waals surface area (Å²) in [4.78, 5) is 11.9. The van der Waals surface area contributed by atoms with E-state index in [0.717, 1.165) is 22.8 Å². The fraction of sp³-hybridized carbons (Fsp3) is 0.333. The van der Waals surface area contributed by atoms with Gasteiger partial charge in [-0.2, -0.15) is 5.10 Å². The number of rotatable bonds is 6. The third kappa shape index (κ3) is 3.98. The SMILES string of the molecule is COc1ccc(OC)c(CCC(=O)Nc2cc(C)[nH]n2)c1. The highest BCUT2D eigenvalue weighted by Crippen LogP contribution is 2.25. The third-order valence-electron chi connectivity index (χ3n) is 3.08. The molecule has 2 N–H and O–H groups in total. The van der Waals surface area contributed by atoms with Gasteiger partial charge in [0, 0.05) is 18.2 Å². The largest absolute Gasteiger partial charge is 0.497 e. The van der Waals surface area contributed by atoms with Gasteiger partial charge in [-0.1, -0.05) is 0 Å². The number of hydrogen-bond donors (Lipinski definition) is 2. The highest BCUT2D eigenvalue weighted by molar-refractivity contribution is 5.89. The third-order valence-corrected chi connectivity index (χ3v) is 3.08. The summed E-state index contributed by atoms with van der Waals surface area (Å²) < 4.78 is 10.5. The smallest absolute Gasteiger partial charge is 0.225 e. The van der Waals surface area contributed by atoms with Crippen LogP contribution < -0.4 is 14.8 Å². The number of ether oxygens (including phenoxy) is 2. The Morgan fingerprint density at radius 1 is 1.29 bits per heavy atom. The number of hydrogen-bond acceptors (Lipinski definition) is 4. The predicted molar refractivity (Wildman–Crippen MR) is 79.8 cm³/mol. The zero-order valence-corrected chi connectivity index (χ0v) is 12.4. The number of H-pyrrole nitrogens is 1. The minimum absolute atomic E-state index is 0.0913. The van der Waals surface area contributed by atoms with Crippen molar-refractivity contribution in [1.29, 1.82) is 0 Å². The first kappa shape index (κ1) is 14.9. The summed E-state index contributed by atoms with van der Waals surface area (Å²) in [5, 5.41) is 9.50. The van der Waals surface area contributed by atoms with E-state index in [0.29, 0.717) is 18.7 Å². The van der Waals surface area contributed by atoms with Gasteiger partial charge in [-0.05, 0) is 37.1 Å². The Morgan fingerprint density at radius 2 is 2.10 bits per heavy atom. The minimum Gasteiger partial charge on any atom is -0.497 e. The molecule has 6 nitrogen and oxygen atoms in total. The van der Waals surface area contributed by atoms with Gasteiger partial charge in [-0.15, -0.1) is 0 Å². The number of nitrogens with one attached hydrogen (secondary N) is 2. The quantitative estimate of drug-likeness (QED) is 0.855. The normalized spacial score (nSPS) is 10.2. The van der Waals surface area contributed by atoms with E-state index in [-0.39, 0.29) is 5.91 Å². The van der Waals surface area contributed by atoms with Crippen molar-refractivity contribution in [3.8, 4) is 11.5 Å². The summed E-state index contributed by atoms with van der Waals surface area (Å²) in [6.07, 6.45) is 0.908. The Morgan fingerprint density at radius 3 is 2.71 bits per heavy atom. The molecule has 1 aromatic carbocycles. The van der Waals surface area contributed by atoms with Gasteiger partial charge in [0.2, 0.25) is 5.91 Å². The van der Waals surface area contributed by atoms with Crippen molar-refractivity contribution in [2.24, 2.45) is 0 Å². The molecule has 0 aliphatic rings. The molecule has 0 aliphatic heterocycles. The number of nitrogens with zero attached hydrogens (tertiary/aromatic N) is 1. The highest BCUT2D eigenvalue weighted by Gasteiger charge is 2.09. The average Bonchev–Trinajstić information content (AvgIpc) is 2.89. The second-order valence-electron chi connectivity index (χ2n) is 4.66. The molecule has 1 heterocycles. The molecule has 0 fully saturated rings. The molecular weight excluding hydrogens is 270 g/mol. The van der Waals surface area contributed by atoms with Gasteiger partial charge < -0.3 is 14.8 Å². The lowest BCUT2D eigenvalue weighted by Crippen LogP contribution is -2.12. The molecular formula is C15H19N3O3. The fourth-order valence-corrected chi connectivity index (χ4v) is 2.01. The first-order chi connectivity index (χ1) is 10.1. The molecule has 0 aliphatic carbocycles. The molecule has 0 radical (unpaired) electrons. The molecule has 0 saturated heterocycles. The lowest BCUT2D eigenvalue weighted by molar-refractivity contribution is -0.116. The molecule has 2 rings (SSSR count). The van der Waals surface area contributed by atoms with Gasteiger partial charge in [0.15, 0.2) is 5.82 Å². The number of methoxy groups -OCH3 is 2. The molecule has 1 amide bonds. The zero-order valence-electron chi connectivity index (χ0n) is 12.4. The van der Waals surface area contributed by atoms with E-state index in [4.69, 9.17) is 9.47 Å².